The Morgan fingerprint density at radius 2 is 2.05 bits per heavy atom. The third-order valence-corrected chi connectivity index (χ3v) is 4.40. The van der Waals surface area contributed by atoms with Gasteiger partial charge < -0.3 is 15.0 Å². The maximum Gasteiger partial charge on any atom is 0.185 e. The van der Waals surface area contributed by atoms with Gasteiger partial charge in [-0.15, -0.1) is 11.3 Å². The van der Waals surface area contributed by atoms with Crippen LogP contribution in [0, 0.1) is 0 Å². The molecule has 1 heterocycles. The molecule has 0 saturated heterocycles. The number of ether oxygens (including phenoxy) is 1. The normalized spacial score (nSPS) is 10.6. The second kappa shape index (κ2) is 8.00. The van der Waals surface area contributed by atoms with Gasteiger partial charge in [0.05, 0.1) is 7.11 Å². The van der Waals surface area contributed by atoms with Gasteiger partial charge in [-0.1, -0.05) is 12.1 Å². The lowest BCUT2D eigenvalue weighted by Gasteiger charge is -2.16. The Morgan fingerprint density at radius 1 is 1.24 bits per heavy atom. The number of nitrogens with one attached hydrogen (secondary N) is 1. The fourth-order valence-corrected chi connectivity index (χ4v) is 3.14. The highest BCUT2D eigenvalue weighted by atomic mass is 32.1. The van der Waals surface area contributed by atoms with E-state index in [1.165, 1.54) is 10.4 Å². The number of anilines is 1. The lowest BCUT2D eigenvalue weighted by Crippen LogP contribution is -2.21. The fraction of sp³-hybridized carbons (Fsp3) is 0.438. The molecule has 1 N–H and O–H groups in total. The minimum absolute atomic E-state index is 0.829. The molecule has 0 saturated carbocycles. The van der Waals surface area contributed by atoms with Crippen LogP contribution in [0.5, 0.6) is 5.75 Å². The topological polar surface area (TPSA) is 37.4 Å². The van der Waals surface area contributed by atoms with E-state index >= 15 is 0 Å². The van der Waals surface area contributed by atoms with Gasteiger partial charge in [-0.3, -0.25) is 0 Å². The number of thiazole rings is 1. The summed E-state index contributed by atoms with van der Waals surface area (Å²) in [6.07, 6.45) is 1.97. The highest BCUT2D eigenvalue weighted by Gasteiger charge is 2.07. The summed E-state index contributed by atoms with van der Waals surface area (Å²) in [7, 11) is 1.69. The number of methoxy groups -OCH3 is 1. The van der Waals surface area contributed by atoms with Gasteiger partial charge in [-0.25, -0.2) is 4.98 Å². The van der Waals surface area contributed by atoms with Crippen molar-refractivity contribution >= 4 is 16.5 Å². The second-order valence-corrected chi connectivity index (χ2v) is 5.83. The van der Waals surface area contributed by atoms with Gasteiger partial charge >= 0.3 is 0 Å². The Kier molecular flexibility index (Phi) is 6.02. The van der Waals surface area contributed by atoms with Crippen molar-refractivity contribution in [3.63, 3.8) is 0 Å². The molecule has 21 heavy (non-hydrogen) atoms. The second-order valence-electron chi connectivity index (χ2n) is 4.74. The minimum Gasteiger partial charge on any atom is -0.497 e. The lowest BCUT2D eigenvalue weighted by atomic mass is 10.2. The van der Waals surface area contributed by atoms with Gasteiger partial charge in [0, 0.05) is 37.3 Å². The third-order valence-electron chi connectivity index (χ3n) is 3.34. The first kappa shape index (κ1) is 15.8. The summed E-state index contributed by atoms with van der Waals surface area (Å²) in [4.78, 5) is 8.03. The van der Waals surface area contributed by atoms with Gasteiger partial charge in [-0.05, 0) is 31.5 Å². The number of hydrogen-bond donors (Lipinski definition) is 1. The van der Waals surface area contributed by atoms with Crippen LogP contribution in [0.3, 0.4) is 0 Å². The number of nitrogens with zero attached hydrogens (tertiary/aromatic N) is 2. The molecule has 2 rings (SSSR count). The molecular formula is C16H23N3OS. The molecule has 1 aromatic carbocycles. The van der Waals surface area contributed by atoms with Gasteiger partial charge in [0.2, 0.25) is 0 Å². The lowest BCUT2D eigenvalue weighted by molar-refractivity contribution is 0.414. The van der Waals surface area contributed by atoms with Crippen molar-refractivity contribution in [2.24, 2.45) is 0 Å². The predicted molar refractivity (Wildman–Crippen MR) is 89.2 cm³/mol. The van der Waals surface area contributed by atoms with Crippen LogP contribution in [0.15, 0.2) is 30.5 Å². The van der Waals surface area contributed by atoms with Gasteiger partial charge in [0.1, 0.15) is 5.75 Å². The zero-order valence-electron chi connectivity index (χ0n) is 12.9. The van der Waals surface area contributed by atoms with E-state index in [9.17, 15) is 0 Å². The highest BCUT2D eigenvalue weighted by molar-refractivity contribution is 7.15. The zero-order chi connectivity index (χ0) is 15.1. The van der Waals surface area contributed by atoms with E-state index in [1.807, 2.05) is 18.3 Å². The van der Waals surface area contributed by atoms with E-state index in [0.29, 0.717) is 0 Å². The average molecular weight is 305 g/mol. The molecule has 0 spiro atoms. The van der Waals surface area contributed by atoms with E-state index in [0.717, 1.165) is 37.1 Å². The average Bonchev–Trinajstić information content (AvgIpc) is 2.97. The van der Waals surface area contributed by atoms with E-state index in [2.05, 4.69) is 41.2 Å². The van der Waals surface area contributed by atoms with Crippen LogP contribution in [0.2, 0.25) is 0 Å². The standard InChI is InChI=1S/C16H23N3OS/c1-4-19(5-2)16-18-12-15(21-16)11-17-10-13-7-6-8-14(9-13)20-3/h6-9,12,17H,4-5,10-11H2,1-3H3. The molecular weight excluding hydrogens is 282 g/mol. The van der Waals surface area contributed by atoms with Crippen molar-refractivity contribution in [1.29, 1.82) is 0 Å². The molecule has 0 amide bonds. The summed E-state index contributed by atoms with van der Waals surface area (Å²) in [5.41, 5.74) is 1.22. The molecule has 0 atom stereocenters. The van der Waals surface area contributed by atoms with Crippen molar-refractivity contribution in [1.82, 2.24) is 10.3 Å². The quantitative estimate of drug-likeness (QED) is 0.812. The smallest absolute Gasteiger partial charge is 0.185 e. The molecule has 0 aliphatic heterocycles. The van der Waals surface area contributed by atoms with Crippen molar-refractivity contribution in [2.45, 2.75) is 26.9 Å². The third kappa shape index (κ3) is 4.44. The Bertz CT molecular complexity index is 552. The van der Waals surface area contributed by atoms with Crippen LogP contribution in [-0.2, 0) is 13.1 Å². The molecule has 1 aromatic heterocycles. The molecule has 0 aliphatic rings. The van der Waals surface area contributed by atoms with Gasteiger partial charge in [0.15, 0.2) is 5.13 Å². The Hall–Kier alpha value is -1.59. The first-order valence-corrected chi connectivity index (χ1v) is 8.11. The van der Waals surface area contributed by atoms with E-state index in [1.54, 1.807) is 18.4 Å². The van der Waals surface area contributed by atoms with Crippen LogP contribution < -0.4 is 15.0 Å². The van der Waals surface area contributed by atoms with Crippen LogP contribution >= 0.6 is 11.3 Å². The predicted octanol–water partition coefficient (Wildman–Crippen LogP) is 3.29. The molecule has 0 aliphatic carbocycles. The summed E-state index contributed by atoms with van der Waals surface area (Å²) in [6.45, 7) is 7.99. The van der Waals surface area contributed by atoms with Crippen molar-refractivity contribution in [3.8, 4) is 5.75 Å². The van der Waals surface area contributed by atoms with Crippen LogP contribution in [-0.4, -0.2) is 25.2 Å². The molecule has 4 nitrogen and oxygen atoms in total. The van der Waals surface area contributed by atoms with Crippen LogP contribution in [0.1, 0.15) is 24.3 Å². The minimum atomic E-state index is 0.829. The SMILES string of the molecule is CCN(CC)c1ncc(CNCc2cccc(OC)c2)s1. The Morgan fingerprint density at radius 3 is 2.76 bits per heavy atom. The molecule has 2 aromatic rings. The Balaban J connectivity index is 1.85. The summed E-state index contributed by atoms with van der Waals surface area (Å²) >= 11 is 1.76. The van der Waals surface area contributed by atoms with Crippen molar-refractivity contribution in [3.05, 3.63) is 40.9 Å². The Labute approximate surface area is 130 Å². The zero-order valence-corrected chi connectivity index (χ0v) is 13.7. The van der Waals surface area contributed by atoms with Gasteiger partial charge in [0.25, 0.3) is 0 Å². The number of benzene rings is 1. The van der Waals surface area contributed by atoms with Crippen molar-refractivity contribution in [2.75, 3.05) is 25.1 Å². The first-order chi connectivity index (χ1) is 10.3. The molecule has 5 heteroatoms. The summed E-state index contributed by atoms with van der Waals surface area (Å²) in [5, 5.41) is 4.56. The number of aromatic nitrogens is 1. The van der Waals surface area contributed by atoms with Crippen LogP contribution in [0.4, 0.5) is 5.13 Å². The monoisotopic (exact) mass is 305 g/mol. The van der Waals surface area contributed by atoms with E-state index < -0.39 is 0 Å². The van der Waals surface area contributed by atoms with Gasteiger partial charge in [-0.2, -0.15) is 0 Å². The fourth-order valence-electron chi connectivity index (χ4n) is 2.13. The molecule has 0 bridgehead atoms. The molecule has 0 fully saturated rings. The van der Waals surface area contributed by atoms with E-state index in [4.69, 9.17) is 4.74 Å². The maximum absolute atomic E-state index is 5.23. The van der Waals surface area contributed by atoms with Crippen molar-refractivity contribution < 1.29 is 4.74 Å². The van der Waals surface area contributed by atoms with Crippen LogP contribution in [0.25, 0.3) is 0 Å². The molecule has 0 radical (unpaired) electrons. The molecule has 0 unspecified atom stereocenters. The summed E-state index contributed by atoms with van der Waals surface area (Å²) < 4.78 is 5.23. The number of rotatable bonds is 8. The maximum atomic E-state index is 5.23. The molecule has 114 valence electrons. The summed E-state index contributed by atoms with van der Waals surface area (Å²) in [5.74, 6) is 0.899. The summed E-state index contributed by atoms with van der Waals surface area (Å²) in [6, 6.07) is 8.13. The van der Waals surface area contributed by atoms with E-state index in [-0.39, 0.29) is 0 Å². The highest BCUT2D eigenvalue weighted by Crippen LogP contribution is 2.22. The first-order valence-electron chi connectivity index (χ1n) is 7.30. The largest absolute Gasteiger partial charge is 0.497 e. The number of hydrogen-bond acceptors (Lipinski definition) is 5.